The molecule has 1 aromatic rings. The van der Waals surface area contributed by atoms with Crippen LogP contribution in [-0.4, -0.2) is 41.7 Å². The van der Waals surface area contributed by atoms with Crippen molar-refractivity contribution in [1.29, 1.82) is 0 Å². The summed E-state index contributed by atoms with van der Waals surface area (Å²) in [6.45, 7) is 10.2. The summed E-state index contributed by atoms with van der Waals surface area (Å²) in [6.07, 6.45) is 3.10. The van der Waals surface area contributed by atoms with Gasteiger partial charge in [0.15, 0.2) is 12.0 Å². The number of nitrogens with one attached hydrogen (secondary N) is 1. The van der Waals surface area contributed by atoms with Gasteiger partial charge >= 0.3 is 5.69 Å². The third-order valence-corrected chi connectivity index (χ3v) is 4.90. The predicted molar refractivity (Wildman–Crippen MR) is 99.3 cm³/mol. The van der Waals surface area contributed by atoms with Gasteiger partial charge in [-0.05, 0) is 26.0 Å². The second kappa shape index (κ2) is 6.67. The molecular weight excluding hydrogens is 352 g/mol. The molecule has 1 aromatic heterocycles. The summed E-state index contributed by atoms with van der Waals surface area (Å²) >= 11 is 0. The molecule has 140 valence electrons. The molecular formula is C18H24N2O5Si. The van der Waals surface area contributed by atoms with Gasteiger partial charge in [0, 0.05) is 12.3 Å². The van der Waals surface area contributed by atoms with Crippen LogP contribution in [0.15, 0.2) is 34.0 Å². The minimum Gasteiger partial charge on any atom is -0.345 e. The first-order valence-corrected chi connectivity index (χ1v) is 12.1. The first kappa shape index (κ1) is 18.9. The van der Waals surface area contributed by atoms with Crippen molar-refractivity contribution in [3.63, 3.8) is 0 Å². The summed E-state index contributed by atoms with van der Waals surface area (Å²) < 4.78 is 19.3. The van der Waals surface area contributed by atoms with Crippen LogP contribution >= 0.6 is 0 Å². The van der Waals surface area contributed by atoms with Crippen molar-refractivity contribution in [2.75, 3.05) is 0 Å². The predicted octanol–water partition coefficient (Wildman–Crippen LogP) is 1.39. The summed E-state index contributed by atoms with van der Waals surface area (Å²) in [5.74, 6) is 2.29. The highest BCUT2D eigenvalue weighted by Gasteiger charge is 2.55. The molecule has 0 aliphatic carbocycles. The number of fused-ring (bicyclic) bond motifs is 1. The van der Waals surface area contributed by atoms with E-state index in [1.54, 1.807) is 6.08 Å². The van der Waals surface area contributed by atoms with Gasteiger partial charge in [-0.2, -0.15) is 0 Å². The second-order valence-electron chi connectivity index (χ2n) is 7.95. The van der Waals surface area contributed by atoms with Gasteiger partial charge in [0.05, 0.1) is 0 Å². The molecule has 7 nitrogen and oxygen atoms in total. The highest BCUT2D eigenvalue weighted by Crippen LogP contribution is 2.42. The van der Waals surface area contributed by atoms with Gasteiger partial charge in [-0.1, -0.05) is 25.6 Å². The number of rotatable bonds is 2. The number of ether oxygens (including phenoxy) is 3. The molecule has 0 saturated carbocycles. The Morgan fingerprint density at radius 3 is 2.58 bits per heavy atom. The summed E-state index contributed by atoms with van der Waals surface area (Å²) in [5.41, 5.74) is 2.26. The zero-order valence-electron chi connectivity index (χ0n) is 15.6. The van der Waals surface area contributed by atoms with Crippen molar-refractivity contribution in [1.82, 2.24) is 9.55 Å². The molecule has 0 bridgehead atoms. The lowest BCUT2D eigenvalue weighted by Gasteiger charge is -2.23. The molecule has 3 rings (SSSR count). The first-order valence-electron chi connectivity index (χ1n) is 8.58. The van der Waals surface area contributed by atoms with Crippen molar-refractivity contribution in [2.45, 2.75) is 63.8 Å². The van der Waals surface area contributed by atoms with E-state index in [4.69, 9.17) is 14.2 Å². The molecule has 26 heavy (non-hydrogen) atoms. The molecule has 0 unspecified atom stereocenters. The molecule has 8 heteroatoms. The fraction of sp³-hybridized carbons (Fsp3) is 0.556. The largest absolute Gasteiger partial charge is 0.345 e. The van der Waals surface area contributed by atoms with E-state index in [0.717, 1.165) is 0 Å². The van der Waals surface area contributed by atoms with Crippen LogP contribution in [0.1, 0.15) is 20.1 Å². The summed E-state index contributed by atoms with van der Waals surface area (Å²) in [4.78, 5) is 25.7. The molecule has 0 aromatic carbocycles. The molecule has 0 radical (unpaired) electrons. The van der Waals surface area contributed by atoms with Crippen LogP contribution in [0, 0.1) is 11.5 Å². The minimum absolute atomic E-state index is 0.362. The maximum atomic E-state index is 12.1. The van der Waals surface area contributed by atoms with E-state index in [0.29, 0.717) is 0 Å². The highest BCUT2D eigenvalue weighted by atomic mass is 28.3. The Morgan fingerprint density at radius 2 is 1.92 bits per heavy atom. The van der Waals surface area contributed by atoms with Crippen molar-refractivity contribution in [2.24, 2.45) is 0 Å². The van der Waals surface area contributed by atoms with Gasteiger partial charge < -0.3 is 14.2 Å². The fourth-order valence-corrected chi connectivity index (χ4v) is 3.53. The number of aromatic nitrogens is 2. The maximum absolute atomic E-state index is 12.1. The maximum Gasteiger partial charge on any atom is 0.330 e. The van der Waals surface area contributed by atoms with E-state index in [9.17, 15) is 9.59 Å². The monoisotopic (exact) mass is 376 g/mol. The average molecular weight is 376 g/mol. The van der Waals surface area contributed by atoms with Gasteiger partial charge in [0.25, 0.3) is 5.56 Å². The van der Waals surface area contributed by atoms with E-state index in [1.807, 2.05) is 19.9 Å². The minimum atomic E-state index is -1.45. The van der Waals surface area contributed by atoms with Gasteiger partial charge in [-0.25, -0.2) is 4.79 Å². The van der Waals surface area contributed by atoms with E-state index in [2.05, 4.69) is 36.1 Å². The van der Waals surface area contributed by atoms with Crippen LogP contribution in [-0.2, 0) is 14.2 Å². The standard InChI is InChI=1S/C18H24N2O5Si/c1-18(2)24-14-12(8-6-7-11-26(3,4)5)23-16(15(14)25-18)20-10-9-13(21)19-17(20)22/h6,8-10,12,14-16H,1-5H3,(H,19,21,22)/b8-6+/t12-,14-,15-,16-/m1/s1. The lowest BCUT2D eigenvalue weighted by molar-refractivity contribution is -0.192. The fourth-order valence-electron chi connectivity index (χ4n) is 3.02. The highest BCUT2D eigenvalue weighted by molar-refractivity contribution is 6.83. The van der Waals surface area contributed by atoms with Gasteiger partial charge in [0.1, 0.15) is 26.4 Å². The molecule has 1 N–H and O–H groups in total. The molecule has 0 spiro atoms. The molecule has 0 amide bonds. The lowest BCUT2D eigenvalue weighted by atomic mass is 10.1. The number of aromatic amines is 1. The van der Waals surface area contributed by atoms with Crippen molar-refractivity contribution >= 4 is 8.07 Å². The molecule has 2 fully saturated rings. The third kappa shape index (κ3) is 4.07. The van der Waals surface area contributed by atoms with Gasteiger partial charge in [-0.3, -0.25) is 14.3 Å². The van der Waals surface area contributed by atoms with Crippen LogP contribution < -0.4 is 11.2 Å². The number of nitrogens with zero attached hydrogens (tertiary/aromatic N) is 1. The first-order chi connectivity index (χ1) is 12.1. The summed E-state index contributed by atoms with van der Waals surface area (Å²) in [7, 11) is -1.45. The third-order valence-electron chi connectivity index (χ3n) is 4.01. The Kier molecular flexibility index (Phi) is 4.83. The normalized spacial score (nSPS) is 30.2. The average Bonchev–Trinajstić information content (AvgIpc) is 2.97. The molecule has 2 aliphatic rings. The summed E-state index contributed by atoms with van der Waals surface area (Å²) in [6, 6.07) is 1.28. The van der Waals surface area contributed by atoms with Crippen LogP contribution in [0.4, 0.5) is 0 Å². The second-order valence-corrected chi connectivity index (χ2v) is 12.7. The number of hydrogen-bond donors (Lipinski definition) is 1. The smallest absolute Gasteiger partial charge is 0.330 e. The zero-order valence-corrected chi connectivity index (χ0v) is 16.6. The van der Waals surface area contributed by atoms with E-state index in [-0.39, 0.29) is 6.10 Å². The quantitative estimate of drug-likeness (QED) is 0.623. The molecule has 3 heterocycles. The van der Waals surface area contributed by atoms with E-state index in [1.165, 1.54) is 16.8 Å². The van der Waals surface area contributed by atoms with Crippen LogP contribution in [0.3, 0.4) is 0 Å². The number of H-pyrrole nitrogens is 1. The van der Waals surface area contributed by atoms with E-state index >= 15 is 0 Å². The summed E-state index contributed by atoms with van der Waals surface area (Å²) in [5, 5.41) is 0. The van der Waals surface area contributed by atoms with Crippen molar-refractivity contribution < 1.29 is 14.2 Å². The Labute approximate surface area is 153 Å². The SMILES string of the molecule is CC1(C)O[C@@H]2[C@H](O1)[C@@H](/C=C/C#C[Si](C)(C)C)O[C@H]2n1ccc(=O)[nH]c1=O. The molecule has 4 atom stereocenters. The van der Waals surface area contributed by atoms with E-state index < -0.39 is 43.5 Å². The molecule has 2 saturated heterocycles. The zero-order chi connectivity index (χ0) is 19.1. The van der Waals surface area contributed by atoms with Gasteiger partial charge in [-0.15, -0.1) is 5.54 Å². The molecule has 2 aliphatic heterocycles. The Hall–Kier alpha value is -1.92. The Morgan fingerprint density at radius 1 is 1.23 bits per heavy atom. The lowest BCUT2D eigenvalue weighted by Crippen LogP contribution is -2.37. The number of allylic oxidation sites excluding steroid dienone is 1. The van der Waals surface area contributed by atoms with Crippen molar-refractivity contribution in [3.8, 4) is 11.5 Å². The van der Waals surface area contributed by atoms with Crippen LogP contribution in [0.25, 0.3) is 0 Å². The Balaban J connectivity index is 1.88. The van der Waals surface area contributed by atoms with Gasteiger partial charge in [0.2, 0.25) is 0 Å². The number of hydrogen-bond acceptors (Lipinski definition) is 5. The topological polar surface area (TPSA) is 82.6 Å². The Bertz CT molecular complexity index is 884. The van der Waals surface area contributed by atoms with Crippen LogP contribution in [0.5, 0.6) is 0 Å². The van der Waals surface area contributed by atoms with Crippen molar-refractivity contribution in [3.05, 3.63) is 45.3 Å². The van der Waals surface area contributed by atoms with Crippen LogP contribution in [0.2, 0.25) is 19.6 Å².